The van der Waals surface area contributed by atoms with Crippen LogP contribution in [0.15, 0.2) is 27.2 Å². The fraction of sp³-hybridized carbons (Fsp3) is 0.333. The van der Waals surface area contributed by atoms with Crippen LogP contribution in [-0.2, 0) is 6.42 Å². The van der Waals surface area contributed by atoms with Gasteiger partial charge in [0.15, 0.2) is 5.76 Å². The zero-order valence-corrected chi connectivity index (χ0v) is 16.1. The van der Waals surface area contributed by atoms with Gasteiger partial charge in [-0.15, -0.1) is 0 Å². The van der Waals surface area contributed by atoms with Crippen molar-refractivity contribution in [3.8, 4) is 0 Å². The Morgan fingerprint density at radius 1 is 0.962 bits per heavy atom. The summed E-state index contributed by atoms with van der Waals surface area (Å²) < 4.78 is 10.9. The monoisotopic (exact) mass is 352 g/mol. The van der Waals surface area contributed by atoms with Gasteiger partial charge in [-0.05, 0) is 87.1 Å². The standard InChI is InChI=1S/C21H24N2O3/c1-11-10-25-21(22-11)23-20(24)19-8-7-17(26-19)9-18-15(5)13(3)12(2)14(4)16(18)6/h7-8,10H,9H2,1-6H3,(H,22,23,24). The lowest BCUT2D eigenvalue weighted by atomic mass is 9.88. The van der Waals surface area contributed by atoms with Crippen LogP contribution in [0.2, 0.25) is 0 Å². The van der Waals surface area contributed by atoms with E-state index in [1.54, 1.807) is 13.0 Å². The number of benzene rings is 1. The van der Waals surface area contributed by atoms with Crippen molar-refractivity contribution >= 4 is 11.9 Å². The van der Waals surface area contributed by atoms with E-state index >= 15 is 0 Å². The Balaban J connectivity index is 1.82. The van der Waals surface area contributed by atoms with Crippen LogP contribution in [0, 0.1) is 41.5 Å². The summed E-state index contributed by atoms with van der Waals surface area (Å²) >= 11 is 0. The molecule has 0 unspecified atom stereocenters. The highest BCUT2D eigenvalue weighted by Crippen LogP contribution is 2.28. The fourth-order valence-electron chi connectivity index (χ4n) is 3.18. The van der Waals surface area contributed by atoms with Crippen LogP contribution in [0.5, 0.6) is 0 Å². The van der Waals surface area contributed by atoms with Crippen molar-refractivity contribution in [2.45, 2.75) is 48.0 Å². The van der Waals surface area contributed by atoms with Crippen LogP contribution in [-0.4, -0.2) is 10.9 Å². The number of oxazole rings is 1. The van der Waals surface area contributed by atoms with Gasteiger partial charge < -0.3 is 8.83 Å². The summed E-state index contributed by atoms with van der Waals surface area (Å²) in [6.45, 7) is 12.5. The number of anilines is 1. The van der Waals surface area contributed by atoms with Crippen molar-refractivity contribution < 1.29 is 13.6 Å². The zero-order chi connectivity index (χ0) is 19.0. The van der Waals surface area contributed by atoms with Crippen molar-refractivity contribution in [1.82, 2.24) is 4.98 Å². The fourth-order valence-corrected chi connectivity index (χ4v) is 3.18. The number of aryl methyl sites for hydroxylation is 1. The van der Waals surface area contributed by atoms with E-state index in [1.807, 2.05) is 6.07 Å². The normalized spacial score (nSPS) is 11.0. The van der Waals surface area contributed by atoms with Crippen LogP contribution in [0.25, 0.3) is 0 Å². The predicted molar refractivity (Wildman–Crippen MR) is 101 cm³/mol. The minimum Gasteiger partial charge on any atom is -0.456 e. The van der Waals surface area contributed by atoms with Crippen molar-refractivity contribution in [3.05, 3.63) is 69.0 Å². The van der Waals surface area contributed by atoms with Gasteiger partial charge in [0.1, 0.15) is 12.0 Å². The lowest BCUT2D eigenvalue weighted by molar-refractivity contribution is 0.0992. The Morgan fingerprint density at radius 2 is 1.58 bits per heavy atom. The molecule has 0 aliphatic carbocycles. The summed E-state index contributed by atoms with van der Waals surface area (Å²) in [5.41, 5.74) is 8.49. The summed E-state index contributed by atoms with van der Waals surface area (Å²) in [6.07, 6.45) is 2.14. The first kappa shape index (κ1) is 18.0. The molecule has 0 fully saturated rings. The average Bonchev–Trinajstić information content (AvgIpc) is 3.24. The summed E-state index contributed by atoms with van der Waals surface area (Å²) in [5.74, 6) is 0.627. The van der Waals surface area contributed by atoms with Crippen molar-refractivity contribution in [2.24, 2.45) is 0 Å². The SMILES string of the molecule is Cc1coc(NC(=O)c2ccc(Cc3c(C)c(C)c(C)c(C)c3C)o2)n1. The highest BCUT2D eigenvalue weighted by atomic mass is 16.4. The molecule has 1 N–H and O–H groups in total. The molecule has 5 nitrogen and oxygen atoms in total. The average molecular weight is 352 g/mol. The van der Waals surface area contributed by atoms with Crippen LogP contribution in [0.4, 0.5) is 6.01 Å². The van der Waals surface area contributed by atoms with Crippen LogP contribution < -0.4 is 5.32 Å². The van der Waals surface area contributed by atoms with E-state index in [0.29, 0.717) is 12.1 Å². The molecule has 2 heterocycles. The van der Waals surface area contributed by atoms with E-state index in [-0.39, 0.29) is 17.7 Å². The van der Waals surface area contributed by atoms with E-state index in [0.717, 1.165) is 5.76 Å². The van der Waals surface area contributed by atoms with E-state index < -0.39 is 0 Å². The van der Waals surface area contributed by atoms with E-state index in [9.17, 15) is 4.79 Å². The summed E-state index contributed by atoms with van der Waals surface area (Å²) in [6, 6.07) is 3.69. The maximum atomic E-state index is 12.3. The van der Waals surface area contributed by atoms with Gasteiger partial charge in [0.2, 0.25) is 0 Å². The van der Waals surface area contributed by atoms with Gasteiger partial charge >= 0.3 is 6.01 Å². The number of nitrogens with one attached hydrogen (secondary N) is 1. The Hall–Kier alpha value is -2.82. The first-order valence-electron chi connectivity index (χ1n) is 8.66. The lowest BCUT2D eigenvalue weighted by Gasteiger charge is -2.18. The largest absolute Gasteiger partial charge is 0.456 e. The summed E-state index contributed by atoms with van der Waals surface area (Å²) in [4.78, 5) is 16.3. The summed E-state index contributed by atoms with van der Waals surface area (Å²) in [7, 11) is 0. The second-order valence-electron chi connectivity index (χ2n) is 6.79. The zero-order valence-electron chi connectivity index (χ0n) is 16.1. The van der Waals surface area contributed by atoms with Gasteiger partial charge in [-0.2, -0.15) is 4.98 Å². The Labute approximate surface area is 153 Å². The smallest absolute Gasteiger partial charge is 0.301 e. The minimum absolute atomic E-state index is 0.168. The highest BCUT2D eigenvalue weighted by molar-refractivity contribution is 6.01. The van der Waals surface area contributed by atoms with Gasteiger partial charge in [0, 0.05) is 6.42 Å². The van der Waals surface area contributed by atoms with E-state index in [1.165, 1.54) is 39.6 Å². The molecule has 0 aliphatic heterocycles. The summed E-state index contributed by atoms with van der Waals surface area (Å²) in [5, 5.41) is 2.59. The minimum atomic E-state index is -0.372. The van der Waals surface area contributed by atoms with Crippen LogP contribution in [0.3, 0.4) is 0 Å². The molecule has 26 heavy (non-hydrogen) atoms. The number of carbonyl (C=O) groups excluding carboxylic acids is 1. The maximum Gasteiger partial charge on any atom is 0.301 e. The molecular weight excluding hydrogens is 328 g/mol. The number of aromatic nitrogens is 1. The molecule has 0 saturated carbocycles. The Morgan fingerprint density at radius 3 is 2.15 bits per heavy atom. The molecule has 0 spiro atoms. The number of hydrogen-bond acceptors (Lipinski definition) is 4. The number of amides is 1. The second kappa shape index (κ2) is 6.83. The number of hydrogen-bond donors (Lipinski definition) is 1. The molecule has 136 valence electrons. The molecule has 0 saturated heterocycles. The van der Waals surface area contributed by atoms with Crippen LogP contribution >= 0.6 is 0 Å². The van der Waals surface area contributed by atoms with Crippen LogP contribution in [0.1, 0.15) is 55.4 Å². The molecular formula is C21H24N2O3. The van der Waals surface area contributed by atoms with Gasteiger partial charge in [0.05, 0.1) is 5.69 Å². The predicted octanol–water partition coefficient (Wildman–Crippen LogP) is 4.96. The Bertz CT molecular complexity index is 950. The molecule has 0 atom stereocenters. The van der Waals surface area contributed by atoms with Crippen molar-refractivity contribution in [3.63, 3.8) is 0 Å². The van der Waals surface area contributed by atoms with Crippen molar-refractivity contribution in [1.29, 1.82) is 0 Å². The Kier molecular flexibility index (Phi) is 4.72. The number of nitrogens with zero attached hydrogens (tertiary/aromatic N) is 1. The molecule has 2 aromatic heterocycles. The quantitative estimate of drug-likeness (QED) is 0.720. The topological polar surface area (TPSA) is 68.3 Å². The number of rotatable bonds is 4. The van der Waals surface area contributed by atoms with Gasteiger partial charge in [-0.1, -0.05) is 0 Å². The molecule has 3 rings (SSSR count). The molecule has 3 aromatic rings. The van der Waals surface area contributed by atoms with Crippen molar-refractivity contribution in [2.75, 3.05) is 5.32 Å². The third kappa shape index (κ3) is 3.29. The third-order valence-corrected chi connectivity index (χ3v) is 5.23. The molecule has 0 aliphatic rings. The second-order valence-corrected chi connectivity index (χ2v) is 6.79. The molecule has 0 bridgehead atoms. The molecule has 0 radical (unpaired) electrons. The van der Waals surface area contributed by atoms with Gasteiger partial charge in [-0.25, -0.2) is 0 Å². The van der Waals surface area contributed by atoms with Gasteiger partial charge in [0.25, 0.3) is 5.91 Å². The lowest BCUT2D eigenvalue weighted by Crippen LogP contribution is -2.11. The van der Waals surface area contributed by atoms with E-state index in [4.69, 9.17) is 8.83 Å². The number of furan rings is 1. The molecule has 5 heteroatoms. The molecule has 1 amide bonds. The number of carbonyl (C=O) groups is 1. The first-order chi connectivity index (χ1) is 12.3. The third-order valence-electron chi connectivity index (χ3n) is 5.23. The van der Waals surface area contributed by atoms with E-state index in [2.05, 4.69) is 44.9 Å². The first-order valence-corrected chi connectivity index (χ1v) is 8.66. The maximum absolute atomic E-state index is 12.3. The molecule has 1 aromatic carbocycles. The van der Waals surface area contributed by atoms with Gasteiger partial charge in [-0.3, -0.25) is 10.1 Å². The highest BCUT2D eigenvalue weighted by Gasteiger charge is 2.17.